The Hall–Kier alpha value is -3.68. The molecule has 0 spiro atoms. The van der Waals surface area contributed by atoms with Gasteiger partial charge in [-0.3, -0.25) is 34.6 Å². The zero-order valence-electron chi connectivity index (χ0n) is 40.1. The van der Waals surface area contributed by atoms with Gasteiger partial charge in [-0.1, -0.05) is 54.5 Å². The van der Waals surface area contributed by atoms with E-state index in [2.05, 4.69) is 33.0 Å². The molecule has 0 aromatic rings. The van der Waals surface area contributed by atoms with E-state index in [1.54, 1.807) is 82.6 Å². The maximum Gasteiger partial charge on any atom is 0.333 e. The number of hydrogen-bond donors (Lipinski definition) is 1. The molecule has 3 unspecified atom stereocenters. The van der Waals surface area contributed by atoms with Crippen LogP contribution in [0.3, 0.4) is 0 Å². The van der Waals surface area contributed by atoms with Crippen LogP contribution in [0.4, 0.5) is 0 Å². The van der Waals surface area contributed by atoms with Gasteiger partial charge >= 0.3 is 17.9 Å². The van der Waals surface area contributed by atoms with Crippen LogP contribution < -0.4 is 5.32 Å². The van der Waals surface area contributed by atoms with Crippen LogP contribution in [0.5, 0.6) is 0 Å². The van der Waals surface area contributed by atoms with Crippen molar-refractivity contribution in [1.82, 2.24) is 5.32 Å². The molecule has 59 heavy (non-hydrogen) atoms. The van der Waals surface area contributed by atoms with Crippen molar-refractivity contribution >= 4 is 36.7 Å². The normalized spacial score (nSPS) is 15.7. The average Bonchev–Trinajstić information content (AvgIpc) is 3.20. The fourth-order valence-corrected chi connectivity index (χ4v) is 4.32. The van der Waals surface area contributed by atoms with Crippen LogP contribution >= 0.6 is 7.14 Å². The first kappa shape index (κ1) is 67.1. The maximum absolute atomic E-state index is 11.6. The Morgan fingerprint density at radius 3 is 1.34 bits per heavy atom. The van der Waals surface area contributed by atoms with Gasteiger partial charge in [0.15, 0.2) is 0 Å². The number of amides is 1. The number of esters is 3. The van der Waals surface area contributed by atoms with Gasteiger partial charge in [-0.15, -0.1) is 0 Å². The molecule has 1 aliphatic heterocycles. The van der Waals surface area contributed by atoms with E-state index >= 15 is 0 Å². The first-order chi connectivity index (χ1) is 25.7. The lowest BCUT2D eigenvalue weighted by atomic mass is 9.67. The van der Waals surface area contributed by atoms with Crippen molar-refractivity contribution in [3.63, 3.8) is 0 Å². The number of rotatable bonds is 11. The average molecular weight is 870 g/mol. The van der Waals surface area contributed by atoms with Crippen LogP contribution in [0, 0.1) is 42.9 Å². The van der Waals surface area contributed by atoms with Gasteiger partial charge in [0, 0.05) is 60.0 Å². The van der Waals surface area contributed by atoms with Gasteiger partial charge in [0.1, 0.15) is 11.4 Å². The minimum absolute atomic E-state index is 0. The summed E-state index contributed by atoms with van der Waals surface area (Å²) in [5.74, 6) is -1.00. The Morgan fingerprint density at radius 1 is 0.797 bits per heavy atom. The van der Waals surface area contributed by atoms with E-state index in [0.717, 1.165) is 5.57 Å². The first-order valence-corrected chi connectivity index (χ1v) is 22.2. The molecule has 1 heterocycles. The molecule has 16 nitrogen and oxygen atoms in total. The second-order valence-corrected chi connectivity index (χ2v) is 20.7. The molecule has 1 rings (SSSR count). The van der Waals surface area contributed by atoms with Crippen molar-refractivity contribution < 1.29 is 52.6 Å². The third kappa shape index (κ3) is 25.5. The van der Waals surface area contributed by atoms with Crippen molar-refractivity contribution in [2.45, 2.75) is 176 Å². The smallest absolute Gasteiger partial charge is 0.333 e. The second kappa shape index (κ2) is 29.5. The number of hydrogen-bond acceptors (Lipinski definition) is 13. The van der Waals surface area contributed by atoms with E-state index in [1.807, 2.05) is 20.8 Å². The largest absolute Gasteiger partial charge is 0.466 e. The summed E-state index contributed by atoms with van der Waals surface area (Å²) < 4.78 is 25.7. The number of nitrogens with zero attached hydrogens (tertiary/aromatic N) is 2. The van der Waals surface area contributed by atoms with Crippen LogP contribution in [0.2, 0.25) is 0 Å². The van der Waals surface area contributed by atoms with Crippen molar-refractivity contribution in [2.24, 2.45) is 22.7 Å². The van der Waals surface area contributed by atoms with Gasteiger partial charge in [-0.2, -0.15) is 0 Å². The van der Waals surface area contributed by atoms with E-state index in [9.17, 15) is 48.8 Å². The predicted octanol–water partition coefficient (Wildman–Crippen LogP) is 9.19. The molecule has 17 heteroatoms. The van der Waals surface area contributed by atoms with E-state index in [0.29, 0.717) is 18.8 Å². The number of carbonyl (C=O) groups is 5. The number of nitrogens with one attached hydrogen (secondary N) is 1. The zero-order chi connectivity index (χ0) is 48.0. The van der Waals surface area contributed by atoms with E-state index in [-0.39, 0.29) is 70.4 Å². The van der Waals surface area contributed by atoms with Crippen LogP contribution in [0.15, 0.2) is 11.1 Å². The number of nitro groups is 2. The molecule has 0 saturated carbocycles. The summed E-state index contributed by atoms with van der Waals surface area (Å²) in [4.78, 5) is 74.1. The van der Waals surface area contributed by atoms with Crippen molar-refractivity contribution in [3.05, 3.63) is 31.4 Å². The van der Waals surface area contributed by atoms with Gasteiger partial charge in [0.2, 0.25) is 17.5 Å². The quantitative estimate of drug-likeness (QED) is 0.0510. The van der Waals surface area contributed by atoms with E-state index in [4.69, 9.17) is 14.2 Å². The maximum atomic E-state index is 11.6. The van der Waals surface area contributed by atoms with Crippen LogP contribution in [0.1, 0.15) is 153 Å². The SMILES string of the molecule is C.CC(C)=O.CC(C)[N+](=O)[O-].CC1C(=O)NC(C)(C)C1(C)C.CCOC(=O)C(C)=C(C)C.CCOC(=O)C(C)C(C)(C)C(C)(C)[N+](=O)[O-].CCOC(=O)C(C)P(C)(C)=O. The molecule has 0 bridgehead atoms. The van der Waals surface area contributed by atoms with Crippen LogP contribution in [-0.4, -0.2) is 95.4 Å². The lowest BCUT2D eigenvalue weighted by molar-refractivity contribution is -0.582. The standard InChI is InChI=1S/C11H21NO4.C9H17NO.C8H14O2.C7H15O3P.C3H7NO2.C3H6O.CH4/c1-7-16-9(13)8(2)10(3,4)11(5,6)12(14)15;1-6-7(11)10-9(4,5)8(6,2)3;1-5-10-8(9)7(4)6(2)3;1-5-10-7(8)6(2)11(3,4)9;1-3(2)4(5)6;1-3(2)4;/h8H,7H2,1-6H3;6H,1-5H3,(H,10,11);5H2,1-4H3;6H,5H2,1-4H3;3H,1-2H3;1-2H3;1H4. The third-order valence-electron chi connectivity index (χ3n) is 10.6. The van der Waals surface area contributed by atoms with E-state index in [1.165, 1.54) is 27.7 Å². The Balaban J connectivity index is -0.000000148. The summed E-state index contributed by atoms with van der Waals surface area (Å²) in [6.07, 6.45) is 0. The van der Waals surface area contributed by atoms with Gasteiger partial charge in [0.05, 0.1) is 32.9 Å². The third-order valence-corrected chi connectivity index (χ3v) is 12.7. The van der Waals surface area contributed by atoms with E-state index < -0.39 is 35.7 Å². The minimum atomic E-state index is -2.32. The topological polar surface area (TPSA) is 228 Å². The van der Waals surface area contributed by atoms with Crippen LogP contribution in [0.25, 0.3) is 0 Å². The van der Waals surface area contributed by atoms with Crippen LogP contribution in [-0.2, 0) is 42.7 Å². The van der Waals surface area contributed by atoms with Crippen molar-refractivity contribution in [2.75, 3.05) is 33.2 Å². The number of carbonyl (C=O) groups excluding carboxylic acids is 5. The number of Topliss-reactive ketones (excluding diaryl/α,β-unsaturated/α-hetero) is 1. The highest BCUT2D eigenvalue weighted by molar-refractivity contribution is 7.64. The molecule has 1 N–H and O–H groups in total. The summed E-state index contributed by atoms with van der Waals surface area (Å²) in [6, 6.07) is -0.426. The first-order valence-electron chi connectivity index (χ1n) is 19.5. The molecule has 0 aliphatic carbocycles. The zero-order valence-corrected chi connectivity index (χ0v) is 41.0. The summed E-state index contributed by atoms with van der Waals surface area (Å²) in [7, 11) is -2.32. The molecule has 1 amide bonds. The molecule has 3 atom stereocenters. The molecule has 1 aliphatic rings. The molecular weight excluding hydrogens is 785 g/mol. The number of ether oxygens (including phenoxy) is 3. The highest BCUT2D eigenvalue weighted by atomic mass is 31.2. The molecule has 1 saturated heterocycles. The van der Waals surface area contributed by atoms with Crippen molar-refractivity contribution in [3.8, 4) is 0 Å². The number of allylic oxidation sites excluding steroid dienone is 1. The van der Waals surface area contributed by atoms with Gasteiger partial charge < -0.3 is 28.9 Å². The minimum Gasteiger partial charge on any atom is -0.466 e. The fourth-order valence-electron chi connectivity index (χ4n) is 3.73. The summed E-state index contributed by atoms with van der Waals surface area (Å²) in [5, 5.41) is 23.5. The lowest BCUT2D eigenvalue weighted by Gasteiger charge is -2.37. The predicted molar refractivity (Wildman–Crippen MR) is 237 cm³/mol. The molecule has 0 radical (unpaired) electrons. The Morgan fingerprint density at radius 2 is 1.14 bits per heavy atom. The van der Waals surface area contributed by atoms with Gasteiger partial charge in [0.25, 0.3) is 0 Å². The number of ketones is 1. The van der Waals surface area contributed by atoms with Gasteiger partial charge in [-0.25, -0.2) is 4.79 Å². The summed E-state index contributed by atoms with van der Waals surface area (Å²) in [6.45, 7) is 41.5. The molecule has 1 fully saturated rings. The summed E-state index contributed by atoms with van der Waals surface area (Å²) >= 11 is 0. The Kier molecular flexibility index (Phi) is 33.6. The Labute approximate surface area is 356 Å². The highest BCUT2D eigenvalue weighted by Gasteiger charge is 2.53. The monoisotopic (exact) mass is 870 g/mol. The summed E-state index contributed by atoms with van der Waals surface area (Å²) in [5.41, 5.74) is -0.710. The molecule has 0 aromatic carbocycles. The fraction of sp³-hybridized carbons (Fsp3) is 0.833. The Bertz CT molecular complexity index is 1420. The highest BCUT2D eigenvalue weighted by Crippen LogP contribution is 2.44. The molecule has 0 aromatic heterocycles. The van der Waals surface area contributed by atoms with Gasteiger partial charge in [-0.05, 0) is 94.9 Å². The second-order valence-electron chi connectivity index (χ2n) is 17.1. The lowest BCUT2D eigenvalue weighted by Crippen LogP contribution is -2.51. The van der Waals surface area contributed by atoms with Crippen molar-refractivity contribution in [1.29, 1.82) is 0 Å². The molecular formula is C42H84N3O13P. The molecule has 350 valence electrons.